The number of piperazine rings is 1. The van der Waals surface area contributed by atoms with Crippen LogP contribution in [-0.4, -0.2) is 59.7 Å². The van der Waals surface area contributed by atoms with Crippen LogP contribution in [0.2, 0.25) is 0 Å². The summed E-state index contributed by atoms with van der Waals surface area (Å²) in [6.45, 7) is 11.5. The molecule has 5 aliphatic rings. The van der Waals surface area contributed by atoms with Gasteiger partial charge in [0, 0.05) is 32.6 Å². The summed E-state index contributed by atoms with van der Waals surface area (Å²) >= 11 is 0. The molecule has 196 valence electrons. The van der Waals surface area contributed by atoms with Crippen molar-refractivity contribution in [1.82, 2.24) is 10.6 Å². The molecular formula is C28H50N2O4. The summed E-state index contributed by atoms with van der Waals surface area (Å²) in [4.78, 5) is 11.1. The van der Waals surface area contributed by atoms with E-state index in [1.165, 1.54) is 19.3 Å². The van der Waals surface area contributed by atoms with Crippen LogP contribution in [0.5, 0.6) is 0 Å². The SMILES string of the molecule is C1CNCCN1.CC(CCC(=O)O)C1CCC2C3CCC4CC(O)CCC4(C)C3CC(O)C12C. The smallest absolute Gasteiger partial charge is 0.303 e. The van der Waals surface area contributed by atoms with Gasteiger partial charge in [0.25, 0.3) is 0 Å². The molecule has 5 rings (SSSR count). The minimum atomic E-state index is -0.707. The van der Waals surface area contributed by atoms with E-state index in [1.54, 1.807) is 0 Å². The van der Waals surface area contributed by atoms with Crippen LogP contribution >= 0.6 is 0 Å². The lowest BCUT2D eigenvalue weighted by atomic mass is 9.43. The lowest BCUT2D eigenvalue weighted by molar-refractivity contribution is -0.175. The second kappa shape index (κ2) is 10.7. The zero-order chi connectivity index (χ0) is 24.5. The molecule has 0 amide bonds. The summed E-state index contributed by atoms with van der Waals surface area (Å²) in [5.74, 6) is 2.55. The summed E-state index contributed by atoms with van der Waals surface area (Å²) in [6.07, 6.45) is 9.26. The van der Waals surface area contributed by atoms with E-state index in [9.17, 15) is 15.0 Å². The van der Waals surface area contributed by atoms with E-state index in [0.29, 0.717) is 35.5 Å². The Morgan fingerprint density at radius 2 is 1.62 bits per heavy atom. The molecule has 34 heavy (non-hydrogen) atoms. The number of fused-ring (bicyclic) bond motifs is 5. The third-order valence-electron chi connectivity index (χ3n) is 11.3. The molecule has 1 aliphatic heterocycles. The zero-order valence-corrected chi connectivity index (χ0v) is 21.8. The first-order chi connectivity index (χ1) is 16.2. The van der Waals surface area contributed by atoms with Gasteiger partial charge in [-0.05, 0) is 104 Å². The molecule has 1 saturated heterocycles. The number of hydrogen-bond donors (Lipinski definition) is 5. The van der Waals surface area contributed by atoms with Gasteiger partial charge in [0.05, 0.1) is 12.2 Å². The van der Waals surface area contributed by atoms with Crippen LogP contribution in [-0.2, 0) is 4.79 Å². The van der Waals surface area contributed by atoms with Crippen molar-refractivity contribution in [3.05, 3.63) is 0 Å². The zero-order valence-electron chi connectivity index (χ0n) is 21.8. The number of hydrogen-bond acceptors (Lipinski definition) is 5. The topological polar surface area (TPSA) is 102 Å². The second-order valence-electron chi connectivity index (χ2n) is 12.8. The molecule has 10 atom stereocenters. The van der Waals surface area contributed by atoms with E-state index < -0.39 is 5.97 Å². The standard InChI is InChI=1S/C24H40O4.C4H10N2/c1-14(4-9-22(27)28)18-7-8-19-17-6-5-15-12-16(25)10-11-23(15,2)20(17)13-21(26)24(18,19)3;1-2-6-4-3-5-1/h14-21,25-26H,4-13H2,1-3H3,(H,27,28);5-6H,1-4H2. The molecular weight excluding hydrogens is 428 g/mol. The number of aliphatic carboxylic acids is 1. The summed E-state index contributed by atoms with van der Waals surface area (Å²) in [5, 5.41) is 37.2. The number of carbonyl (C=O) groups is 1. The van der Waals surface area contributed by atoms with Crippen LogP contribution in [0.3, 0.4) is 0 Å². The molecule has 0 aromatic carbocycles. The van der Waals surface area contributed by atoms with Gasteiger partial charge in [-0.2, -0.15) is 0 Å². The molecule has 10 unspecified atom stereocenters. The maximum absolute atomic E-state index is 11.5. The molecule has 0 aromatic rings. The van der Waals surface area contributed by atoms with Crippen LogP contribution in [0.1, 0.15) is 85.0 Å². The van der Waals surface area contributed by atoms with Gasteiger partial charge >= 0.3 is 5.97 Å². The number of carboxylic acid groups (broad SMARTS) is 1. The van der Waals surface area contributed by atoms with Crippen LogP contribution < -0.4 is 10.6 Å². The van der Waals surface area contributed by atoms with Gasteiger partial charge in [-0.1, -0.05) is 20.8 Å². The summed E-state index contributed by atoms with van der Waals surface area (Å²) in [5.41, 5.74) is 0.216. The largest absolute Gasteiger partial charge is 0.481 e. The van der Waals surface area contributed by atoms with Crippen molar-refractivity contribution in [2.24, 2.45) is 46.3 Å². The van der Waals surface area contributed by atoms with Gasteiger partial charge in [0.1, 0.15) is 0 Å². The fraction of sp³-hybridized carbons (Fsp3) is 0.964. The Balaban J connectivity index is 0.000000398. The normalized spacial score (nSPS) is 46.8. The lowest BCUT2D eigenvalue weighted by Crippen LogP contribution is -2.58. The molecule has 5 fully saturated rings. The summed E-state index contributed by atoms with van der Waals surface area (Å²) < 4.78 is 0. The van der Waals surface area contributed by atoms with Crippen LogP contribution in [0.4, 0.5) is 0 Å². The molecule has 4 saturated carbocycles. The Labute approximate surface area is 206 Å². The highest BCUT2D eigenvalue weighted by Crippen LogP contribution is 2.68. The molecule has 0 bridgehead atoms. The first kappa shape index (κ1) is 26.4. The van der Waals surface area contributed by atoms with E-state index in [0.717, 1.165) is 64.7 Å². The number of aliphatic hydroxyl groups excluding tert-OH is 2. The first-order valence-corrected chi connectivity index (χ1v) is 14.2. The molecule has 0 radical (unpaired) electrons. The van der Waals surface area contributed by atoms with Gasteiger partial charge in [-0.15, -0.1) is 0 Å². The summed E-state index contributed by atoms with van der Waals surface area (Å²) in [6, 6.07) is 0. The van der Waals surface area contributed by atoms with Crippen molar-refractivity contribution in [1.29, 1.82) is 0 Å². The van der Waals surface area contributed by atoms with Gasteiger partial charge in [0.15, 0.2) is 0 Å². The lowest BCUT2D eigenvalue weighted by Gasteiger charge is -2.62. The van der Waals surface area contributed by atoms with Gasteiger partial charge in [0.2, 0.25) is 0 Å². The molecule has 5 N–H and O–H groups in total. The Morgan fingerprint density at radius 3 is 2.24 bits per heavy atom. The number of carboxylic acids is 1. The highest BCUT2D eigenvalue weighted by atomic mass is 16.4. The third kappa shape index (κ3) is 4.94. The Bertz CT molecular complexity index is 688. The third-order valence-corrected chi connectivity index (χ3v) is 11.3. The van der Waals surface area contributed by atoms with E-state index in [2.05, 4.69) is 31.4 Å². The van der Waals surface area contributed by atoms with E-state index in [1.807, 2.05) is 0 Å². The summed E-state index contributed by atoms with van der Waals surface area (Å²) in [7, 11) is 0. The first-order valence-electron chi connectivity index (χ1n) is 14.2. The average molecular weight is 479 g/mol. The monoisotopic (exact) mass is 478 g/mol. The van der Waals surface area contributed by atoms with Gasteiger partial charge in [-0.3, -0.25) is 4.79 Å². The Morgan fingerprint density at radius 1 is 0.941 bits per heavy atom. The maximum atomic E-state index is 11.5. The Hall–Kier alpha value is -0.690. The molecule has 1 heterocycles. The van der Waals surface area contributed by atoms with Crippen molar-refractivity contribution in [2.45, 2.75) is 97.2 Å². The fourth-order valence-electron chi connectivity index (χ4n) is 9.32. The van der Waals surface area contributed by atoms with Crippen molar-refractivity contribution in [3.63, 3.8) is 0 Å². The van der Waals surface area contributed by atoms with Crippen molar-refractivity contribution >= 4 is 5.97 Å². The number of aliphatic hydroxyl groups is 2. The molecule has 0 spiro atoms. The minimum Gasteiger partial charge on any atom is -0.481 e. The molecule has 6 nitrogen and oxygen atoms in total. The van der Waals surface area contributed by atoms with E-state index in [-0.39, 0.29) is 29.5 Å². The van der Waals surface area contributed by atoms with Crippen LogP contribution in [0.25, 0.3) is 0 Å². The van der Waals surface area contributed by atoms with Gasteiger partial charge in [-0.25, -0.2) is 0 Å². The second-order valence-corrected chi connectivity index (χ2v) is 12.8. The van der Waals surface area contributed by atoms with Gasteiger partial charge < -0.3 is 26.0 Å². The predicted molar refractivity (Wildman–Crippen MR) is 134 cm³/mol. The molecule has 6 heteroatoms. The predicted octanol–water partition coefficient (Wildman–Crippen LogP) is 3.66. The highest BCUT2D eigenvalue weighted by Gasteiger charge is 2.63. The van der Waals surface area contributed by atoms with E-state index >= 15 is 0 Å². The van der Waals surface area contributed by atoms with Crippen molar-refractivity contribution in [3.8, 4) is 0 Å². The quantitative estimate of drug-likeness (QED) is 0.423. The fourth-order valence-corrected chi connectivity index (χ4v) is 9.32. The number of nitrogens with one attached hydrogen (secondary N) is 2. The van der Waals surface area contributed by atoms with Crippen LogP contribution in [0.15, 0.2) is 0 Å². The molecule has 4 aliphatic carbocycles. The van der Waals surface area contributed by atoms with E-state index in [4.69, 9.17) is 5.11 Å². The van der Waals surface area contributed by atoms with Crippen molar-refractivity contribution < 1.29 is 20.1 Å². The molecule has 0 aromatic heterocycles. The highest BCUT2D eigenvalue weighted by molar-refractivity contribution is 5.66. The average Bonchev–Trinajstić information content (AvgIpc) is 3.19. The van der Waals surface area contributed by atoms with Crippen LogP contribution in [0, 0.1) is 46.3 Å². The minimum absolute atomic E-state index is 0.0591. The van der Waals surface area contributed by atoms with Crippen molar-refractivity contribution in [2.75, 3.05) is 26.2 Å². The Kier molecular flexibility index (Phi) is 8.33. The number of rotatable bonds is 4. The maximum Gasteiger partial charge on any atom is 0.303 e.